The number of allylic oxidation sites excluding steroid dienone is 4. The molecule has 4 fully saturated rings. The van der Waals surface area contributed by atoms with Crippen molar-refractivity contribution in [2.24, 2.45) is 47.3 Å². The van der Waals surface area contributed by atoms with Crippen LogP contribution in [0.5, 0.6) is 0 Å². The number of imide groups is 1. The summed E-state index contributed by atoms with van der Waals surface area (Å²) in [5.41, 5.74) is 0. The second-order valence-corrected chi connectivity index (χ2v) is 10.5. The number of carbonyl (C=O) groups excluding carboxylic acids is 5. The molecular formula is C26H29NO8. The van der Waals surface area contributed by atoms with Crippen LogP contribution in [0.25, 0.3) is 0 Å². The van der Waals surface area contributed by atoms with Crippen LogP contribution in [0.4, 0.5) is 0 Å². The van der Waals surface area contributed by atoms with Gasteiger partial charge in [0.15, 0.2) is 0 Å². The Labute approximate surface area is 202 Å². The molecule has 1 saturated heterocycles. The van der Waals surface area contributed by atoms with E-state index in [0.29, 0.717) is 54.1 Å². The van der Waals surface area contributed by atoms with Gasteiger partial charge in [0.1, 0.15) is 11.6 Å². The number of carboxylic acids is 1. The van der Waals surface area contributed by atoms with Crippen LogP contribution in [0, 0.1) is 47.3 Å². The molecule has 1 N–H and O–H groups in total. The van der Waals surface area contributed by atoms with Crippen molar-refractivity contribution in [1.29, 1.82) is 0 Å². The minimum absolute atomic E-state index is 0.00915. The number of aliphatic carboxylic acids is 1. The Morgan fingerprint density at radius 3 is 1.63 bits per heavy atom. The first-order valence-corrected chi connectivity index (χ1v) is 12.5. The summed E-state index contributed by atoms with van der Waals surface area (Å²) in [4.78, 5) is 74.8. The maximum atomic E-state index is 12.3. The van der Waals surface area contributed by atoms with Gasteiger partial charge in [-0.25, -0.2) is 4.79 Å². The fraction of sp³-hybridized carbons (Fsp3) is 0.615. The highest BCUT2D eigenvalue weighted by molar-refractivity contribution is 6.06. The van der Waals surface area contributed by atoms with Gasteiger partial charge in [-0.3, -0.25) is 24.0 Å². The number of Topliss-reactive ketones (excluding diaryl/α,β-unsaturated/α-hetero) is 2. The Morgan fingerprint density at radius 1 is 0.743 bits per heavy atom. The van der Waals surface area contributed by atoms with E-state index in [1.807, 2.05) is 12.2 Å². The highest BCUT2D eigenvalue weighted by Gasteiger charge is 2.60. The third kappa shape index (κ3) is 4.15. The van der Waals surface area contributed by atoms with Crippen LogP contribution in [0.15, 0.2) is 24.3 Å². The van der Waals surface area contributed by atoms with E-state index in [1.54, 1.807) is 0 Å². The lowest BCUT2D eigenvalue weighted by Gasteiger charge is -2.29. The number of carbonyl (C=O) groups is 6. The van der Waals surface area contributed by atoms with Gasteiger partial charge in [-0.05, 0) is 49.4 Å². The zero-order valence-electron chi connectivity index (χ0n) is 19.3. The molecular weight excluding hydrogens is 454 g/mol. The summed E-state index contributed by atoms with van der Waals surface area (Å²) in [6.07, 6.45) is 11.8. The summed E-state index contributed by atoms with van der Waals surface area (Å²) in [6.45, 7) is 0. The van der Waals surface area contributed by atoms with Gasteiger partial charge < -0.3 is 9.94 Å². The number of rotatable bonds is 6. The summed E-state index contributed by atoms with van der Waals surface area (Å²) >= 11 is 0. The fourth-order valence-corrected chi connectivity index (χ4v) is 6.94. The molecule has 2 amide bonds. The van der Waals surface area contributed by atoms with E-state index >= 15 is 0 Å². The lowest BCUT2D eigenvalue weighted by atomic mass is 9.72. The largest absolute Gasteiger partial charge is 0.481 e. The molecule has 3 saturated carbocycles. The van der Waals surface area contributed by atoms with Crippen LogP contribution in [-0.2, 0) is 33.6 Å². The number of unbranched alkanes of at least 4 members (excludes halogenated alkanes) is 1. The van der Waals surface area contributed by atoms with Crippen molar-refractivity contribution in [2.75, 3.05) is 0 Å². The molecule has 1 aliphatic heterocycles. The van der Waals surface area contributed by atoms with Gasteiger partial charge in [0.05, 0.1) is 11.8 Å². The van der Waals surface area contributed by atoms with E-state index in [2.05, 4.69) is 12.2 Å². The molecule has 9 nitrogen and oxygen atoms in total. The number of hydrogen-bond acceptors (Lipinski definition) is 7. The van der Waals surface area contributed by atoms with Crippen LogP contribution in [0.3, 0.4) is 0 Å². The molecule has 0 aromatic heterocycles. The van der Waals surface area contributed by atoms with Crippen molar-refractivity contribution >= 4 is 35.3 Å². The van der Waals surface area contributed by atoms with Crippen molar-refractivity contribution in [2.45, 2.75) is 51.4 Å². The average Bonchev–Trinajstić information content (AvgIpc) is 3.64. The second-order valence-electron chi connectivity index (χ2n) is 10.5. The van der Waals surface area contributed by atoms with Gasteiger partial charge in [0.25, 0.3) is 11.8 Å². The van der Waals surface area contributed by atoms with E-state index < -0.39 is 23.8 Å². The van der Waals surface area contributed by atoms with Gasteiger partial charge in [-0.15, -0.1) is 5.06 Å². The van der Waals surface area contributed by atoms with Crippen LogP contribution in [0.2, 0.25) is 0 Å². The van der Waals surface area contributed by atoms with Crippen LogP contribution in [0.1, 0.15) is 51.4 Å². The molecule has 8 atom stereocenters. The number of hydroxylamine groups is 2. The summed E-state index contributed by atoms with van der Waals surface area (Å²) in [5, 5.41) is 9.13. The van der Waals surface area contributed by atoms with Crippen LogP contribution in [-0.4, -0.2) is 45.5 Å². The van der Waals surface area contributed by atoms with Crippen molar-refractivity contribution in [1.82, 2.24) is 5.06 Å². The number of nitrogens with zero attached hydrogens (tertiary/aromatic N) is 1. The van der Waals surface area contributed by atoms with Gasteiger partial charge in [0.2, 0.25) is 0 Å². The molecule has 6 aliphatic rings. The molecule has 186 valence electrons. The topological polar surface area (TPSA) is 135 Å². The minimum Gasteiger partial charge on any atom is -0.481 e. The van der Waals surface area contributed by atoms with E-state index in [4.69, 9.17) is 9.94 Å². The Kier molecular flexibility index (Phi) is 6.19. The van der Waals surface area contributed by atoms with Gasteiger partial charge in [-0.2, -0.15) is 0 Å². The van der Waals surface area contributed by atoms with Crippen molar-refractivity contribution in [3.05, 3.63) is 24.3 Å². The molecule has 8 unspecified atom stereocenters. The number of amides is 2. The summed E-state index contributed by atoms with van der Waals surface area (Å²) in [7, 11) is 0. The highest BCUT2D eigenvalue weighted by Crippen LogP contribution is 2.53. The normalized spacial score (nSPS) is 37.4. The van der Waals surface area contributed by atoms with E-state index in [1.165, 1.54) is 0 Å². The minimum atomic E-state index is -0.922. The third-order valence-corrected chi connectivity index (χ3v) is 8.47. The van der Waals surface area contributed by atoms with E-state index in [-0.39, 0.29) is 48.3 Å². The number of fused-ring (bicyclic) bond motifs is 10. The maximum Gasteiger partial charge on any atom is 0.333 e. The average molecular weight is 484 g/mol. The van der Waals surface area contributed by atoms with Gasteiger partial charge in [0, 0.05) is 37.5 Å². The number of hydrogen-bond donors (Lipinski definition) is 1. The summed E-state index contributed by atoms with van der Waals surface area (Å²) in [6, 6.07) is 0. The van der Waals surface area contributed by atoms with Crippen molar-refractivity contribution in [3.63, 3.8) is 0 Å². The Morgan fingerprint density at radius 2 is 1.17 bits per heavy atom. The molecule has 0 aromatic rings. The maximum absolute atomic E-state index is 12.3. The Hall–Kier alpha value is -3.10. The lowest BCUT2D eigenvalue weighted by molar-refractivity contribution is -0.199. The fourth-order valence-electron chi connectivity index (χ4n) is 6.94. The molecule has 0 radical (unpaired) electrons. The molecule has 4 bridgehead atoms. The predicted molar refractivity (Wildman–Crippen MR) is 119 cm³/mol. The Balaban J connectivity index is 0.000000164. The first-order chi connectivity index (χ1) is 16.8. The van der Waals surface area contributed by atoms with E-state index in [0.717, 1.165) is 12.8 Å². The molecule has 6 rings (SSSR count). The van der Waals surface area contributed by atoms with Gasteiger partial charge >= 0.3 is 11.9 Å². The smallest absolute Gasteiger partial charge is 0.333 e. The SMILES string of the molecule is O=C(O)CCCCC(=O)ON1C(=O)C2C3C=CC(C3)C2C1=O.O=C1CCC(=O)C2C3C=CC(C3)C12. The monoisotopic (exact) mass is 483 g/mol. The zero-order chi connectivity index (χ0) is 24.9. The molecule has 35 heavy (non-hydrogen) atoms. The molecule has 9 heteroatoms. The van der Waals surface area contributed by atoms with Crippen LogP contribution >= 0.6 is 0 Å². The first-order valence-electron chi connectivity index (χ1n) is 12.5. The summed E-state index contributed by atoms with van der Waals surface area (Å²) in [5.74, 6) is -1.48. The van der Waals surface area contributed by atoms with Crippen LogP contribution < -0.4 is 0 Å². The third-order valence-electron chi connectivity index (χ3n) is 8.47. The van der Waals surface area contributed by atoms with E-state index in [9.17, 15) is 28.8 Å². The quantitative estimate of drug-likeness (QED) is 0.345. The van der Waals surface area contributed by atoms with Crippen molar-refractivity contribution < 1.29 is 38.7 Å². The molecule has 1 heterocycles. The second kappa shape index (κ2) is 9.17. The first kappa shape index (κ1) is 23.6. The predicted octanol–water partition coefficient (Wildman–Crippen LogP) is 2.25. The highest BCUT2D eigenvalue weighted by atomic mass is 16.7. The Bertz CT molecular complexity index is 984. The standard InChI is InChI=1S/C15H17NO6.C11H12O2/c17-10(18)3-1-2-4-11(19)22-16-14(20)12-8-5-6-9(7-8)13(12)15(16)21;12-8-3-4-9(13)11-7-2-1-6(5-7)10(8)11/h5-6,8-9,12-13H,1-4,7H2,(H,17,18);1-2,6-7,10-11H,3-5H2. The lowest BCUT2D eigenvalue weighted by Crippen LogP contribution is -2.37. The van der Waals surface area contributed by atoms with Crippen molar-refractivity contribution in [3.8, 4) is 0 Å². The number of ketones is 2. The molecule has 0 aromatic carbocycles. The van der Waals surface area contributed by atoms with Gasteiger partial charge in [-0.1, -0.05) is 24.3 Å². The number of carboxylic acid groups (broad SMARTS) is 1. The zero-order valence-corrected chi connectivity index (χ0v) is 19.3. The molecule has 5 aliphatic carbocycles. The summed E-state index contributed by atoms with van der Waals surface area (Å²) < 4.78 is 0. The molecule has 0 spiro atoms.